The van der Waals surface area contributed by atoms with Crippen LogP contribution < -0.4 is 16.0 Å². The van der Waals surface area contributed by atoms with Crippen molar-refractivity contribution >= 4 is 35.8 Å². The lowest BCUT2D eigenvalue weighted by atomic mass is 9.84. The standard InChI is InChI=1S/C28H40ClN3O5/c1-28(2,16-20-9-6-10-22(29)13-20)18-37-27(36)32-24(14-19-7-4-3-5-8-19)26(35)31-23(17-33)15-21-11-12-30-25(21)34/h6,9-10,13,17,19,21,23-24H,3-5,7-8,11-12,14-16,18H2,1-2H3,(H,30,34)(H,31,35)(H,32,36)/t21-,23-,24-/m0/s1. The van der Waals surface area contributed by atoms with Gasteiger partial charge in [0.05, 0.1) is 12.6 Å². The first-order valence-corrected chi connectivity index (χ1v) is 13.7. The molecular weight excluding hydrogens is 494 g/mol. The van der Waals surface area contributed by atoms with Crippen LogP contribution in [-0.4, -0.2) is 49.4 Å². The summed E-state index contributed by atoms with van der Waals surface area (Å²) in [7, 11) is 0. The van der Waals surface area contributed by atoms with Crippen molar-refractivity contribution in [3.8, 4) is 0 Å². The molecule has 0 bridgehead atoms. The van der Waals surface area contributed by atoms with Crippen molar-refractivity contribution in [1.29, 1.82) is 0 Å². The number of carbonyl (C=O) groups is 4. The van der Waals surface area contributed by atoms with E-state index in [4.69, 9.17) is 16.3 Å². The van der Waals surface area contributed by atoms with Crippen LogP contribution in [0.25, 0.3) is 0 Å². The minimum atomic E-state index is -0.813. The van der Waals surface area contributed by atoms with Gasteiger partial charge in [-0.1, -0.05) is 69.7 Å². The van der Waals surface area contributed by atoms with Crippen LogP contribution in [0.4, 0.5) is 4.79 Å². The smallest absolute Gasteiger partial charge is 0.407 e. The van der Waals surface area contributed by atoms with Crippen LogP contribution in [0.2, 0.25) is 5.02 Å². The molecule has 3 amide bonds. The third-order valence-electron chi connectivity index (χ3n) is 7.26. The van der Waals surface area contributed by atoms with Crippen LogP contribution in [0, 0.1) is 17.3 Å². The van der Waals surface area contributed by atoms with Gasteiger partial charge in [0.1, 0.15) is 12.3 Å². The summed E-state index contributed by atoms with van der Waals surface area (Å²) in [6, 6.07) is 5.98. The van der Waals surface area contributed by atoms with Gasteiger partial charge in [0.2, 0.25) is 11.8 Å². The summed E-state index contributed by atoms with van der Waals surface area (Å²) < 4.78 is 5.55. The fourth-order valence-corrected chi connectivity index (χ4v) is 5.50. The first kappa shape index (κ1) is 29.0. The highest BCUT2D eigenvalue weighted by atomic mass is 35.5. The molecule has 3 N–H and O–H groups in total. The van der Waals surface area contributed by atoms with Crippen LogP contribution in [0.3, 0.4) is 0 Å². The molecule has 2 aliphatic rings. The SMILES string of the molecule is CC(C)(COC(=O)N[C@@H](CC1CCCCC1)C(=O)N[C@H](C=O)C[C@@H]1CCNC1=O)Cc1cccc(Cl)c1. The zero-order chi connectivity index (χ0) is 26.8. The molecule has 1 saturated carbocycles. The Bertz CT molecular complexity index is 948. The number of nitrogens with one attached hydrogen (secondary N) is 3. The number of rotatable bonds is 12. The Morgan fingerprint density at radius 1 is 1.16 bits per heavy atom. The zero-order valence-electron chi connectivity index (χ0n) is 21.9. The van der Waals surface area contributed by atoms with E-state index in [0.717, 1.165) is 31.2 Å². The second-order valence-corrected chi connectivity index (χ2v) is 11.7. The summed E-state index contributed by atoms with van der Waals surface area (Å²) in [6.07, 6.45) is 7.46. The Hall–Kier alpha value is -2.61. The molecule has 0 aromatic heterocycles. The molecule has 3 rings (SSSR count). The van der Waals surface area contributed by atoms with Crippen molar-refractivity contribution in [2.24, 2.45) is 17.3 Å². The number of hydrogen-bond donors (Lipinski definition) is 3. The van der Waals surface area contributed by atoms with Gasteiger partial charge >= 0.3 is 6.09 Å². The molecule has 1 aromatic carbocycles. The number of amides is 3. The quantitative estimate of drug-likeness (QED) is 0.349. The van der Waals surface area contributed by atoms with E-state index >= 15 is 0 Å². The van der Waals surface area contributed by atoms with E-state index in [9.17, 15) is 19.2 Å². The molecule has 9 heteroatoms. The van der Waals surface area contributed by atoms with Gasteiger partial charge < -0.3 is 25.5 Å². The number of carbonyl (C=O) groups excluding carboxylic acids is 4. The summed E-state index contributed by atoms with van der Waals surface area (Å²) in [4.78, 5) is 49.6. The number of benzene rings is 1. The zero-order valence-corrected chi connectivity index (χ0v) is 22.6. The molecule has 8 nitrogen and oxygen atoms in total. The third-order valence-corrected chi connectivity index (χ3v) is 7.50. The molecule has 2 fully saturated rings. The molecule has 37 heavy (non-hydrogen) atoms. The van der Waals surface area contributed by atoms with E-state index in [0.29, 0.717) is 43.0 Å². The molecule has 1 aliphatic carbocycles. The Balaban J connectivity index is 1.58. The van der Waals surface area contributed by atoms with E-state index in [-0.39, 0.29) is 30.3 Å². The molecule has 3 atom stereocenters. The van der Waals surface area contributed by atoms with Gasteiger partial charge in [0.25, 0.3) is 0 Å². The van der Waals surface area contributed by atoms with E-state index in [1.54, 1.807) is 0 Å². The first-order valence-electron chi connectivity index (χ1n) is 13.4. The Labute approximate surface area is 224 Å². The topological polar surface area (TPSA) is 114 Å². The summed E-state index contributed by atoms with van der Waals surface area (Å²) in [5, 5.41) is 8.91. The maximum atomic E-state index is 13.2. The van der Waals surface area contributed by atoms with Gasteiger partial charge in [-0.05, 0) is 49.3 Å². The molecule has 0 spiro atoms. The molecule has 1 aliphatic heterocycles. The second kappa shape index (κ2) is 13.8. The van der Waals surface area contributed by atoms with Crippen LogP contribution in [0.15, 0.2) is 24.3 Å². The van der Waals surface area contributed by atoms with Gasteiger partial charge in [-0.15, -0.1) is 0 Å². The molecule has 204 valence electrons. The third kappa shape index (κ3) is 9.65. The van der Waals surface area contributed by atoms with Crippen LogP contribution in [0.1, 0.15) is 70.8 Å². The van der Waals surface area contributed by atoms with Crippen molar-refractivity contribution in [2.45, 2.75) is 83.7 Å². The van der Waals surface area contributed by atoms with Crippen molar-refractivity contribution in [2.75, 3.05) is 13.2 Å². The van der Waals surface area contributed by atoms with Crippen molar-refractivity contribution < 1.29 is 23.9 Å². The fraction of sp³-hybridized carbons (Fsp3) is 0.643. The van der Waals surface area contributed by atoms with Crippen molar-refractivity contribution in [1.82, 2.24) is 16.0 Å². The maximum absolute atomic E-state index is 13.2. The Morgan fingerprint density at radius 2 is 1.92 bits per heavy atom. The highest BCUT2D eigenvalue weighted by Crippen LogP contribution is 2.28. The molecule has 0 radical (unpaired) electrons. The Kier molecular flexibility index (Phi) is 10.8. The average molecular weight is 534 g/mol. The molecule has 0 unspecified atom stereocenters. The van der Waals surface area contributed by atoms with E-state index in [1.807, 2.05) is 38.1 Å². The average Bonchev–Trinajstić information content (AvgIpc) is 3.26. The van der Waals surface area contributed by atoms with Crippen LogP contribution in [0.5, 0.6) is 0 Å². The van der Waals surface area contributed by atoms with E-state index < -0.39 is 24.1 Å². The molecule has 1 saturated heterocycles. The Morgan fingerprint density at radius 3 is 2.57 bits per heavy atom. The molecule has 1 aromatic rings. The lowest BCUT2D eigenvalue weighted by Crippen LogP contribution is -2.51. The fourth-order valence-electron chi connectivity index (χ4n) is 5.29. The molecular formula is C28H40ClN3O5. The number of hydrogen-bond acceptors (Lipinski definition) is 5. The van der Waals surface area contributed by atoms with Gasteiger partial charge in [0.15, 0.2) is 0 Å². The van der Waals surface area contributed by atoms with E-state index in [2.05, 4.69) is 16.0 Å². The predicted octanol–water partition coefficient (Wildman–Crippen LogP) is 4.18. The number of alkyl carbamates (subject to hydrolysis) is 1. The second-order valence-electron chi connectivity index (χ2n) is 11.2. The maximum Gasteiger partial charge on any atom is 0.407 e. The van der Waals surface area contributed by atoms with Crippen LogP contribution >= 0.6 is 11.6 Å². The van der Waals surface area contributed by atoms with Gasteiger partial charge in [0, 0.05) is 22.9 Å². The molecule has 1 heterocycles. The summed E-state index contributed by atoms with van der Waals surface area (Å²) >= 11 is 6.09. The minimum absolute atomic E-state index is 0.0954. The lowest BCUT2D eigenvalue weighted by Gasteiger charge is -2.28. The lowest BCUT2D eigenvalue weighted by molar-refractivity contribution is -0.127. The predicted molar refractivity (Wildman–Crippen MR) is 142 cm³/mol. The van der Waals surface area contributed by atoms with Gasteiger partial charge in [-0.3, -0.25) is 9.59 Å². The van der Waals surface area contributed by atoms with Crippen LogP contribution in [-0.2, 0) is 25.5 Å². The number of aldehydes is 1. The minimum Gasteiger partial charge on any atom is -0.449 e. The number of ether oxygens (including phenoxy) is 1. The highest BCUT2D eigenvalue weighted by molar-refractivity contribution is 6.30. The first-order chi connectivity index (χ1) is 17.6. The van der Waals surface area contributed by atoms with E-state index in [1.165, 1.54) is 6.42 Å². The summed E-state index contributed by atoms with van der Waals surface area (Å²) in [5.74, 6) is -0.496. The summed E-state index contributed by atoms with van der Waals surface area (Å²) in [5.41, 5.74) is 0.708. The van der Waals surface area contributed by atoms with Gasteiger partial charge in [-0.25, -0.2) is 4.79 Å². The largest absolute Gasteiger partial charge is 0.449 e. The van der Waals surface area contributed by atoms with Gasteiger partial charge in [-0.2, -0.15) is 0 Å². The van der Waals surface area contributed by atoms with Crippen molar-refractivity contribution in [3.63, 3.8) is 0 Å². The monoisotopic (exact) mass is 533 g/mol. The highest BCUT2D eigenvalue weighted by Gasteiger charge is 2.32. The number of halogens is 1. The van der Waals surface area contributed by atoms with Crippen molar-refractivity contribution in [3.05, 3.63) is 34.9 Å². The normalized spacial score (nSPS) is 20.0. The summed E-state index contributed by atoms with van der Waals surface area (Å²) in [6.45, 7) is 4.74.